The predicted molar refractivity (Wildman–Crippen MR) is 58.8 cm³/mol. The van der Waals surface area contributed by atoms with Gasteiger partial charge in [0.15, 0.2) is 0 Å². The lowest BCUT2D eigenvalue weighted by molar-refractivity contribution is 0.946. The van der Waals surface area contributed by atoms with Gasteiger partial charge in [0.05, 0.1) is 4.95 Å². The molecule has 1 unspecified atom stereocenters. The van der Waals surface area contributed by atoms with Gasteiger partial charge in [0.2, 0.25) is 0 Å². The quantitative estimate of drug-likeness (QED) is 0.601. The number of nitrogens with two attached hydrogens (primary N) is 1. The van der Waals surface area contributed by atoms with Crippen molar-refractivity contribution in [2.45, 2.75) is 4.95 Å². The molecular formula is C10H11BrN2. The molecule has 3 heteroatoms. The number of rotatable bonds is 1. The Morgan fingerprint density at radius 1 is 1.38 bits per heavy atom. The summed E-state index contributed by atoms with van der Waals surface area (Å²) in [4.78, 5) is -0.0846. The second kappa shape index (κ2) is 3.16. The van der Waals surface area contributed by atoms with E-state index in [2.05, 4.69) is 38.8 Å². The molecular weight excluding hydrogens is 228 g/mol. The van der Waals surface area contributed by atoms with Crippen molar-refractivity contribution in [1.82, 2.24) is 4.57 Å². The summed E-state index contributed by atoms with van der Waals surface area (Å²) >= 11 is 3.38. The van der Waals surface area contributed by atoms with Gasteiger partial charge in [0.25, 0.3) is 0 Å². The number of halogens is 1. The summed E-state index contributed by atoms with van der Waals surface area (Å²) in [7, 11) is 2.03. The Morgan fingerprint density at radius 3 is 2.77 bits per heavy atom. The summed E-state index contributed by atoms with van der Waals surface area (Å²) in [6.45, 7) is 0. The van der Waals surface area contributed by atoms with Gasteiger partial charge in [-0.1, -0.05) is 34.1 Å². The summed E-state index contributed by atoms with van der Waals surface area (Å²) in [5, 5.41) is 1.22. The number of para-hydroxylation sites is 1. The van der Waals surface area contributed by atoms with Crippen molar-refractivity contribution in [2.75, 3.05) is 0 Å². The summed E-state index contributed by atoms with van der Waals surface area (Å²) < 4.78 is 2.09. The molecule has 68 valence electrons. The lowest BCUT2D eigenvalue weighted by Crippen LogP contribution is -1.99. The molecule has 0 fully saturated rings. The Bertz CT molecular complexity index is 431. The topological polar surface area (TPSA) is 30.9 Å². The molecule has 0 spiro atoms. The molecule has 0 aliphatic heterocycles. The van der Waals surface area contributed by atoms with E-state index < -0.39 is 0 Å². The first-order valence-corrected chi connectivity index (χ1v) is 5.05. The van der Waals surface area contributed by atoms with Crippen LogP contribution in [-0.4, -0.2) is 4.57 Å². The van der Waals surface area contributed by atoms with Crippen LogP contribution < -0.4 is 5.73 Å². The SMILES string of the molecule is Cn1cc(C(N)Br)c2ccccc21. The van der Waals surface area contributed by atoms with Crippen molar-refractivity contribution in [3.63, 3.8) is 0 Å². The molecule has 2 aromatic rings. The zero-order chi connectivity index (χ0) is 9.42. The highest BCUT2D eigenvalue weighted by atomic mass is 79.9. The van der Waals surface area contributed by atoms with Crippen LogP contribution in [0.1, 0.15) is 10.5 Å². The molecule has 1 aromatic carbocycles. The van der Waals surface area contributed by atoms with Crippen molar-refractivity contribution < 1.29 is 0 Å². The molecule has 1 atom stereocenters. The van der Waals surface area contributed by atoms with Crippen LogP contribution in [0.25, 0.3) is 10.9 Å². The molecule has 1 aromatic heterocycles. The fourth-order valence-corrected chi connectivity index (χ4v) is 1.96. The van der Waals surface area contributed by atoms with Gasteiger partial charge in [-0.25, -0.2) is 0 Å². The van der Waals surface area contributed by atoms with E-state index in [4.69, 9.17) is 5.73 Å². The molecule has 2 nitrogen and oxygen atoms in total. The van der Waals surface area contributed by atoms with Gasteiger partial charge in [-0.3, -0.25) is 0 Å². The van der Waals surface area contributed by atoms with Crippen LogP contribution in [0.5, 0.6) is 0 Å². The first-order chi connectivity index (χ1) is 6.20. The number of aromatic nitrogens is 1. The zero-order valence-corrected chi connectivity index (χ0v) is 8.95. The van der Waals surface area contributed by atoms with E-state index in [1.165, 1.54) is 10.9 Å². The van der Waals surface area contributed by atoms with Gasteiger partial charge >= 0.3 is 0 Å². The zero-order valence-electron chi connectivity index (χ0n) is 7.37. The third kappa shape index (κ3) is 1.38. The first-order valence-electron chi connectivity index (χ1n) is 4.14. The Balaban J connectivity index is 2.78. The van der Waals surface area contributed by atoms with Crippen LogP contribution in [0.3, 0.4) is 0 Å². The van der Waals surface area contributed by atoms with Crippen LogP contribution in [-0.2, 0) is 7.05 Å². The van der Waals surface area contributed by atoms with Crippen molar-refractivity contribution in [1.29, 1.82) is 0 Å². The van der Waals surface area contributed by atoms with Crippen LogP contribution in [0.4, 0.5) is 0 Å². The van der Waals surface area contributed by atoms with Crippen LogP contribution >= 0.6 is 15.9 Å². The largest absolute Gasteiger partial charge is 0.350 e. The highest BCUT2D eigenvalue weighted by Crippen LogP contribution is 2.27. The van der Waals surface area contributed by atoms with Crippen molar-refractivity contribution in [3.05, 3.63) is 36.0 Å². The number of nitrogens with zero attached hydrogens (tertiary/aromatic N) is 1. The van der Waals surface area contributed by atoms with E-state index >= 15 is 0 Å². The molecule has 0 amide bonds. The lowest BCUT2D eigenvalue weighted by atomic mass is 10.2. The molecule has 13 heavy (non-hydrogen) atoms. The molecule has 1 heterocycles. The first kappa shape index (κ1) is 8.78. The molecule has 2 N–H and O–H groups in total. The molecule has 0 aliphatic rings. The maximum Gasteiger partial charge on any atom is 0.0882 e. The van der Waals surface area contributed by atoms with Crippen molar-refractivity contribution in [3.8, 4) is 0 Å². The molecule has 0 saturated heterocycles. The minimum Gasteiger partial charge on any atom is -0.350 e. The number of alkyl halides is 1. The maximum absolute atomic E-state index is 5.80. The summed E-state index contributed by atoms with van der Waals surface area (Å²) in [6, 6.07) is 8.24. The standard InChI is InChI=1S/C10H11BrN2/c1-13-6-8(10(11)12)7-4-2-3-5-9(7)13/h2-6,10H,12H2,1H3. The fourth-order valence-electron chi connectivity index (χ4n) is 1.59. The minimum absolute atomic E-state index is 0.0846. The predicted octanol–water partition coefficient (Wildman–Crippen LogP) is 2.53. The van der Waals surface area contributed by atoms with E-state index in [-0.39, 0.29) is 4.95 Å². The normalized spacial score (nSPS) is 13.5. The molecule has 0 radical (unpaired) electrons. The van der Waals surface area contributed by atoms with Gasteiger partial charge in [-0.15, -0.1) is 0 Å². The molecule has 2 rings (SSSR count). The highest BCUT2D eigenvalue weighted by Gasteiger charge is 2.09. The Kier molecular flexibility index (Phi) is 2.14. The highest BCUT2D eigenvalue weighted by molar-refractivity contribution is 9.09. The van der Waals surface area contributed by atoms with E-state index in [0.717, 1.165) is 5.56 Å². The molecule has 0 bridgehead atoms. The van der Waals surface area contributed by atoms with Crippen LogP contribution in [0.2, 0.25) is 0 Å². The second-order valence-corrected chi connectivity index (χ2v) is 4.10. The smallest absolute Gasteiger partial charge is 0.0882 e. The summed E-state index contributed by atoms with van der Waals surface area (Å²) in [5.74, 6) is 0. The lowest BCUT2D eigenvalue weighted by Gasteiger charge is -1.99. The number of hydrogen-bond donors (Lipinski definition) is 1. The Hall–Kier alpha value is -0.800. The van der Waals surface area contributed by atoms with Gasteiger partial charge < -0.3 is 10.3 Å². The monoisotopic (exact) mass is 238 g/mol. The average molecular weight is 239 g/mol. The Labute approximate surface area is 85.5 Å². The minimum atomic E-state index is -0.0846. The van der Waals surface area contributed by atoms with Gasteiger partial charge in [0, 0.05) is 29.7 Å². The van der Waals surface area contributed by atoms with E-state index in [1.807, 2.05) is 19.2 Å². The number of hydrogen-bond acceptors (Lipinski definition) is 1. The average Bonchev–Trinajstić information content (AvgIpc) is 2.45. The van der Waals surface area contributed by atoms with Crippen LogP contribution in [0.15, 0.2) is 30.5 Å². The number of benzene rings is 1. The number of aryl methyl sites for hydroxylation is 1. The molecule has 0 saturated carbocycles. The Morgan fingerprint density at radius 2 is 2.08 bits per heavy atom. The van der Waals surface area contributed by atoms with Crippen molar-refractivity contribution in [2.24, 2.45) is 12.8 Å². The number of fused-ring (bicyclic) bond motifs is 1. The third-order valence-electron chi connectivity index (χ3n) is 2.22. The van der Waals surface area contributed by atoms with Gasteiger partial charge in [0.1, 0.15) is 0 Å². The second-order valence-electron chi connectivity index (χ2n) is 3.11. The van der Waals surface area contributed by atoms with Gasteiger partial charge in [-0.05, 0) is 6.07 Å². The van der Waals surface area contributed by atoms with E-state index in [0.29, 0.717) is 0 Å². The summed E-state index contributed by atoms with van der Waals surface area (Å²) in [6.07, 6.45) is 2.06. The van der Waals surface area contributed by atoms with E-state index in [1.54, 1.807) is 0 Å². The third-order valence-corrected chi connectivity index (χ3v) is 2.72. The maximum atomic E-state index is 5.80. The van der Waals surface area contributed by atoms with Crippen molar-refractivity contribution >= 4 is 26.8 Å². The fraction of sp³-hybridized carbons (Fsp3) is 0.200. The van der Waals surface area contributed by atoms with Crippen LogP contribution in [0, 0.1) is 0 Å². The van der Waals surface area contributed by atoms with E-state index in [9.17, 15) is 0 Å². The van der Waals surface area contributed by atoms with Gasteiger partial charge in [-0.2, -0.15) is 0 Å². The molecule has 0 aliphatic carbocycles. The summed E-state index contributed by atoms with van der Waals surface area (Å²) in [5.41, 5.74) is 8.15.